The Morgan fingerprint density at radius 1 is 1.31 bits per heavy atom. The molecule has 1 aromatic heterocycles. The number of nitrogens with one attached hydrogen (secondary N) is 1. The Hall–Kier alpha value is -2.75. The molecule has 3 atom stereocenters. The van der Waals surface area contributed by atoms with Crippen molar-refractivity contribution < 1.29 is 19.5 Å². The summed E-state index contributed by atoms with van der Waals surface area (Å²) in [5.41, 5.74) is 4.89. The molecule has 1 aromatic carbocycles. The fourth-order valence-corrected chi connectivity index (χ4v) is 4.82. The normalized spacial score (nSPS) is 23.2. The monoisotopic (exact) mass is 456 g/mol. The van der Waals surface area contributed by atoms with Gasteiger partial charge in [0.2, 0.25) is 11.8 Å². The molecule has 32 heavy (non-hydrogen) atoms. The van der Waals surface area contributed by atoms with Crippen LogP contribution in [0.3, 0.4) is 0 Å². The number of likely N-dealkylation sites (tertiary alicyclic amines) is 1. The Labute approximate surface area is 191 Å². The zero-order chi connectivity index (χ0) is 22.8. The zero-order valence-corrected chi connectivity index (χ0v) is 19.3. The number of thiazole rings is 1. The minimum absolute atomic E-state index is 0.0731. The number of aromatic nitrogens is 1. The molecule has 3 heterocycles. The van der Waals surface area contributed by atoms with Crippen LogP contribution in [0.25, 0.3) is 10.4 Å². The molecule has 0 bridgehead atoms. The molecule has 8 nitrogen and oxygen atoms in total. The van der Waals surface area contributed by atoms with Crippen molar-refractivity contribution in [1.82, 2.24) is 20.3 Å². The summed E-state index contributed by atoms with van der Waals surface area (Å²) in [6.07, 6.45) is 1.48. The van der Waals surface area contributed by atoms with Gasteiger partial charge in [0.1, 0.15) is 11.8 Å². The van der Waals surface area contributed by atoms with E-state index in [2.05, 4.69) is 10.3 Å². The number of nitrogens with zero attached hydrogens (tertiary/aromatic N) is 3. The molecule has 0 radical (unpaired) electrons. The molecular weight excluding hydrogens is 428 g/mol. The van der Waals surface area contributed by atoms with Gasteiger partial charge in [-0.1, -0.05) is 24.3 Å². The van der Waals surface area contributed by atoms with Gasteiger partial charge in [-0.3, -0.25) is 9.59 Å². The van der Waals surface area contributed by atoms with E-state index in [1.807, 2.05) is 49.7 Å². The van der Waals surface area contributed by atoms with Crippen molar-refractivity contribution in [2.75, 3.05) is 13.6 Å². The van der Waals surface area contributed by atoms with Crippen LogP contribution in [-0.2, 0) is 21.0 Å². The molecule has 0 saturated carbocycles. The van der Waals surface area contributed by atoms with Gasteiger partial charge in [0.05, 0.1) is 34.6 Å². The number of aliphatic hydroxyl groups excluding tert-OH is 1. The highest BCUT2D eigenvalue weighted by molar-refractivity contribution is 7.13. The summed E-state index contributed by atoms with van der Waals surface area (Å²) in [5.74, 6) is 0.0885. The third-order valence-corrected chi connectivity index (χ3v) is 6.90. The van der Waals surface area contributed by atoms with E-state index in [-0.39, 0.29) is 37.2 Å². The highest BCUT2D eigenvalue weighted by Crippen LogP contribution is 2.27. The molecule has 0 spiro atoms. The van der Waals surface area contributed by atoms with Gasteiger partial charge < -0.3 is 20.2 Å². The number of aliphatic hydroxyl groups is 1. The molecule has 2 amide bonds. The maximum Gasteiger partial charge on any atom is 0.243 e. The van der Waals surface area contributed by atoms with Crippen molar-refractivity contribution in [3.8, 4) is 10.4 Å². The van der Waals surface area contributed by atoms with E-state index in [0.717, 1.165) is 21.7 Å². The van der Waals surface area contributed by atoms with E-state index < -0.39 is 12.1 Å². The van der Waals surface area contributed by atoms with Crippen molar-refractivity contribution in [3.05, 3.63) is 52.9 Å². The highest BCUT2D eigenvalue weighted by Gasteiger charge is 2.39. The second-order valence-corrected chi connectivity index (χ2v) is 9.18. The molecule has 170 valence electrons. The lowest BCUT2D eigenvalue weighted by Crippen LogP contribution is -2.45. The van der Waals surface area contributed by atoms with Crippen LogP contribution >= 0.6 is 11.3 Å². The molecular formula is C23H28N4O4S. The topological polar surface area (TPSA) is 95.0 Å². The number of benzene rings is 1. The van der Waals surface area contributed by atoms with Gasteiger partial charge in [-0.25, -0.2) is 4.98 Å². The average molecular weight is 457 g/mol. The van der Waals surface area contributed by atoms with Crippen LogP contribution in [0.15, 0.2) is 41.6 Å². The van der Waals surface area contributed by atoms with E-state index in [9.17, 15) is 14.7 Å². The van der Waals surface area contributed by atoms with Crippen molar-refractivity contribution in [3.63, 3.8) is 0 Å². The molecule has 4 rings (SSSR count). The standard InChI is InChI=1S/C23H28N4O4S/c1-14-8-19(31-26(14)3)10-21(29)27-12-18(28)9-20(27)23(30)24-11-16-4-6-17(7-5-16)22-15(2)25-13-32-22/h4-8,13-14,18,20,28H,9-12H2,1-3H3,(H,24,30)/t14?,18-,20+/m1/s1. The predicted octanol–water partition coefficient (Wildman–Crippen LogP) is 2.24. The minimum atomic E-state index is -0.711. The number of hydroxylamine groups is 2. The van der Waals surface area contributed by atoms with Crippen molar-refractivity contribution >= 4 is 23.2 Å². The first-order valence-electron chi connectivity index (χ1n) is 10.7. The summed E-state index contributed by atoms with van der Waals surface area (Å²) >= 11 is 1.60. The Morgan fingerprint density at radius 3 is 2.69 bits per heavy atom. The van der Waals surface area contributed by atoms with Crippen LogP contribution in [0.2, 0.25) is 0 Å². The van der Waals surface area contributed by atoms with E-state index >= 15 is 0 Å². The van der Waals surface area contributed by atoms with Crippen LogP contribution in [0.1, 0.15) is 31.0 Å². The number of carbonyl (C=O) groups excluding carboxylic acids is 2. The number of carbonyl (C=O) groups is 2. The third kappa shape index (κ3) is 4.85. The van der Waals surface area contributed by atoms with Gasteiger partial charge in [-0.05, 0) is 31.1 Å². The number of β-amino-alcohol motifs (C(OH)–C–C–N with tert-alkyl or cyclic N) is 1. The summed E-state index contributed by atoms with van der Waals surface area (Å²) in [5, 5.41) is 14.7. The summed E-state index contributed by atoms with van der Waals surface area (Å²) in [6.45, 7) is 4.46. The number of likely N-dealkylation sites (N-methyl/N-ethyl adjacent to an activating group) is 1. The van der Waals surface area contributed by atoms with Crippen LogP contribution in [0, 0.1) is 6.92 Å². The number of hydrogen-bond donors (Lipinski definition) is 2. The minimum Gasteiger partial charge on any atom is -0.410 e. The lowest BCUT2D eigenvalue weighted by Gasteiger charge is -2.24. The maximum atomic E-state index is 12.8. The number of amides is 2. The molecule has 9 heteroatoms. The van der Waals surface area contributed by atoms with Crippen LogP contribution < -0.4 is 5.32 Å². The summed E-state index contributed by atoms with van der Waals surface area (Å²) in [4.78, 5) is 38.1. The largest absolute Gasteiger partial charge is 0.410 e. The quantitative estimate of drug-likeness (QED) is 0.692. The molecule has 1 saturated heterocycles. The second-order valence-electron chi connectivity index (χ2n) is 8.32. The van der Waals surface area contributed by atoms with E-state index in [0.29, 0.717) is 12.3 Å². The fraction of sp³-hybridized carbons (Fsp3) is 0.435. The second kappa shape index (κ2) is 9.40. The van der Waals surface area contributed by atoms with E-state index in [1.165, 1.54) is 4.90 Å². The summed E-state index contributed by atoms with van der Waals surface area (Å²) < 4.78 is 0. The SMILES string of the molecule is Cc1ncsc1-c1ccc(CNC(=O)[C@@H]2C[C@@H](O)CN2C(=O)CC2=CC(C)N(C)O2)cc1. The van der Waals surface area contributed by atoms with Crippen molar-refractivity contribution in [1.29, 1.82) is 0 Å². The van der Waals surface area contributed by atoms with Crippen LogP contribution in [0.4, 0.5) is 0 Å². The molecule has 2 aliphatic heterocycles. The maximum absolute atomic E-state index is 12.8. The number of aryl methyl sites for hydroxylation is 1. The highest BCUT2D eigenvalue weighted by atomic mass is 32.1. The average Bonchev–Trinajstić information content (AvgIpc) is 3.45. The Bertz CT molecular complexity index is 1020. The third-order valence-electron chi connectivity index (χ3n) is 5.92. The predicted molar refractivity (Wildman–Crippen MR) is 121 cm³/mol. The fourth-order valence-electron chi connectivity index (χ4n) is 4.01. The molecule has 2 aromatic rings. The van der Waals surface area contributed by atoms with E-state index in [1.54, 1.807) is 23.4 Å². The first kappa shape index (κ1) is 22.4. The van der Waals surface area contributed by atoms with Crippen molar-refractivity contribution in [2.45, 2.75) is 51.4 Å². The first-order chi connectivity index (χ1) is 15.3. The van der Waals surface area contributed by atoms with Gasteiger partial charge in [-0.15, -0.1) is 16.4 Å². The van der Waals surface area contributed by atoms with Gasteiger partial charge in [-0.2, -0.15) is 0 Å². The number of rotatable bonds is 6. The van der Waals surface area contributed by atoms with Crippen LogP contribution in [-0.4, -0.2) is 63.6 Å². The molecule has 1 unspecified atom stereocenters. The molecule has 0 aliphatic carbocycles. The Balaban J connectivity index is 1.35. The van der Waals surface area contributed by atoms with Gasteiger partial charge in [0.25, 0.3) is 0 Å². The number of hydrogen-bond acceptors (Lipinski definition) is 7. The molecule has 1 fully saturated rings. The summed E-state index contributed by atoms with van der Waals surface area (Å²) in [6, 6.07) is 7.39. The lowest BCUT2D eigenvalue weighted by molar-refractivity contribution is -0.140. The van der Waals surface area contributed by atoms with Gasteiger partial charge in [0.15, 0.2) is 0 Å². The Morgan fingerprint density at radius 2 is 2.06 bits per heavy atom. The van der Waals surface area contributed by atoms with Gasteiger partial charge in [0, 0.05) is 26.6 Å². The zero-order valence-electron chi connectivity index (χ0n) is 18.4. The Kier molecular flexibility index (Phi) is 6.59. The first-order valence-corrected chi connectivity index (χ1v) is 11.6. The van der Waals surface area contributed by atoms with E-state index in [4.69, 9.17) is 4.84 Å². The molecule has 2 N–H and O–H groups in total. The summed E-state index contributed by atoms with van der Waals surface area (Å²) in [7, 11) is 1.81. The van der Waals surface area contributed by atoms with Crippen LogP contribution in [0.5, 0.6) is 0 Å². The lowest BCUT2D eigenvalue weighted by atomic mass is 10.1. The smallest absolute Gasteiger partial charge is 0.243 e. The van der Waals surface area contributed by atoms with Gasteiger partial charge >= 0.3 is 0 Å². The van der Waals surface area contributed by atoms with Crippen molar-refractivity contribution in [2.24, 2.45) is 0 Å². The molecule has 2 aliphatic rings.